The Bertz CT molecular complexity index is 1040. The number of thiophene rings is 1. The molecule has 8 heteroatoms. The monoisotopic (exact) mass is 480 g/mol. The molecule has 0 saturated carbocycles. The summed E-state index contributed by atoms with van der Waals surface area (Å²) in [4.78, 5) is 25.1. The molecule has 2 amide bonds. The molecule has 1 heterocycles. The summed E-state index contributed by atoms with van der Waals surface area (Å²) >= 11 is 11.0. The largest absolute Gasteiger partial charge is 0.480 e. The minimum atomic E-state index is -0.795. The number of ether oxygens (including phenoxy) is 1. The Balaban J connectivity index is 1.64. The van der Waals surface area contributed by atoms with E-state index in [0.29, 0.717) is 15.6 Å². The molecule has 3 rings (SSSR count). The van der Waals surface area contributed by atoms with Crippen LogP contribution in [-0.4, -0.2) is 17.9 Å². The van der Waals surface area contributed by atoms with Gasteiger partial charge in [-0.3, -0.25) is 20.4 Å². The number of amides is 2. The molecule has 0 bridgehead atoms. The van der Waals surface area contributed by atoms with Crippen LogP contribution in [0.4, 0.5) is 0 Å². The van der Waals surface area contributed by atoms with Crippen LogP contribution in [0, 0.1) is 13.8 Å². The number of carbonyl (C=O) groups excluding carboxylic acids is 2. The van der Waals surface area contributed by atoms with Crippen molar-refractivity contribution in [2.45, 2.75) is 26.9 Å². The second-order valence-electron chi connectivity index (χ2n) is 6.31. The highest BCUT2D eigenvalue weighted by Crippen LogP contribution is 2.35. The molecule has 1 aromatic heterocycles. The maximum atomic E-state index is 12.4. The molecule has 146 valence electrons. The van der Waals surface area contributed by atoms with E-state index in [4.69, 9.17) is 16.3 Å². The number of hydrogen-bond acceptors (Lipinski definition) is 4. The van der Waals surface area contributed by atoms with Crippen LogP contribution < -0.4 is 15.6 Å². The summed E-state index contributed by atoms with van der Waals surface area (Å²) in [6, 6.07) is 11.3. The normalized spacial score (nSPS) is 11.9. The average Bonchev–Trinajstić information content (AvgIpc) is 2.99. The zero-order chi connectivity index (χ0) is 20.4. The van der Waals surface area contributed by atoms with Crippen molar-refractivity contribution in [3.8, 4) is 5.75 Å². The van der Waals surface area contributed by atoms with Gasteiger partial charge in [0.2, 0.25) is 0 Å². The van der Waals surface area contributed by atoms with Gasteiger partial charge in [-0.2, -0.15) is 0 Å². The number of rotatable bonds is 4. The van der Waals surface area contributed by atoms with Crippen LogP contribution in [0.1, 0.15) is 27.7 Å². The van der Waals surface area contributed by atoms with Crippen molar-refractivity contribution in [2.24, 2.45) is 0 Å². The van der Waals surface area contributed by atoms with Crippen LogP contribution in [0.3, 0.4) is 0 Å². The van der Waals surface area contributed by atoms with E-state index in [1.165, 1.54) is 11.3 Å². The van der Waals surface area contributed by atoms with Crippen molar-refractivity contribution < 1.29 is 14.3 Å². The number of carbonyl (C=O) groups is 2. The quantitative estimate of drug-likeness (QED) is 0.506. The number of hydrazine groups is 1. The van der Waals surface area contributed by atoms with Crippen LogP contribution in [0.15, 0.2) is 40.9 Å². The van der Waals surface area contributed by atoms with E-state index >= 15 is 0 Å². The Kier molecular flexibility index (Phi) is 6.27. The van der Waals surface area contributed by atoms with Gasteiger partial charge in [0.1, 0.15) is 10.6 Å². The number of aryl methyl sites for hydroxylation is 2. The molecule has 0 aliphatic heterocycles. The zero-order valence-electron chi connectivity index (χ0n) is 15.4. The van der Waals surface area contributed by atoms with Crippen molar-refractivity contribution in [1.29, 1.82) is 0 Å². The number of nitrogens with one attached hydrogen (secondary N) is 2. The molecule has 28 heavy (non-hydrogen) atoms. The van der Waals surface area contributed by atoms with E-state index in [1.54, 1.807) is 6.92 Å². The molecule has 5 nitrogen and oxygen atoms in total. The predicted molar refractivity (Wildman–Crippen MR) is 116 cm³/mol. The van der Waals surface area contributed by atoms with Gasteiger partial charge in [-0.1, -0.05) is 45.7 Å². The molecule has 1 unspecified atom stereocenters. The summed E-state index contributed by atoms with van der Waals surface area (Å²) < 4.78 is 7.64. The molecule has 3 aromatic rings. The summed E-state index contributed by atoms with van der Waals surface area (Å²) in [6.45, 7) is 5.43. The van der Waals surface area contributed by atoms with Crippen molar-refractivity contribution in [3.63, 3.8) is 0 Å². The molecule has 0 fully saturated rings. The molecule has 0 spiro atoms. The van der Waals surface area contributed by atoms with Gasteiger partial charge in [-0.25, -0.2) is 0 Å². The first-order valence-electron chi connectivity index (χ1n) is 8.48. The molecule has 0 aliphatic rings. The molecule has 1 atom stereocenters. The van der Waals surface area contributed by atoms with Crippen LogP contribution in [0.25, 0.3) is 10.1 Å². The summed E-state index contributed by atoms with van der Waals surface area (Å²) in [7, 11) is 0. The predicted octanol–water partition coefficient (Wildman–Crippen LogP) is 5.16. The highest BCUT2D eigenvalue weighted by atomic mass is 79.9. The van der Waals surface area contributed by atoms with Crippen LogP contribution in [0.2, 0.25) is 5.02 Å². The van der Waals surface area contributed by atoms with E-state index in [9.17, 15) is 9.59 Å². The van der Waals surface area contributed by atoms with Crippen molar-refractivity contribution in [3.05, 3.63) is 61.9 Å². The highest BCUT2D eigenvalue weighted by Gasteiger charge is 2.20. The number of fused-ring (bicyclic) bond motifs is 1. The van der Waals surface area contributed by atoms with E-state index < -0.39 is 17.9 Å². The topological polar surface area (TPSA) is 67.4 Å². The summed E-state index contributed by atoms with van der Waals surface area (Å²) in [5.41, 5.74) is 6.62. The van der Waals surface area contributed by atoms with Crippen molar-refractivity contribution in [1.82, 2.24) is 10.9 Å². The number of halogens is 2. The van der Waals surface area contributed by atoms with Gasteiger partial charge < -0.3 is 4.74 Å². The Hall–Kier alpha value is -2.09. The first kappa shape index (κ1) is 20.6. The lowest BCUT2D eigenvalue weighted by Crippen LogP contribution is -2.47. The van der Waals surface area contributed by atoms with Gasteiger partial charge in [-0.15, -0.1) is 11.3 Å². The fourth-order valence-electron chi connectivity index (χ4n) is 2.75. The van der Waals surface area contributed by atoms with Gasteiger partial charge in [0.25, 0.3) is 11.8 Å². The van der Waals surface area contributed by atoms with E-state index in [2.05, 4.69) is 26.8 Å². The Morgan fingerprint density at radius 3 is 2.43 bits per heavy atom. The van der Waals surface area contributed by atoms with Crippen LogP contribution in [-0.2, 0) is 4.79 Å². The molecule has 2 aromatic carbocycles. The minimum Gasteiger partial charge on any atom is -0.480 e. The first-order valence-corrected chi connectivity index (χ1v) is 10.5. The molecule has 0 aliphatic carbocycles. The molecular formula is C20H18BrClN2O3S. The average molecular weight is 482 g/mol. The van der Waals surface area contributed by atoms with Crippen LogP contribution >= 0.6 is 38.9 Å². The SMILES string of the molecule is Cc1cc(Br)cc(C)c1OC(C)C(=O)NNC(=O)c1sc2ccccc2c1Cl. The minimum absolute atomic E-state index is 0.344. The molecular weight excluding hydrogens is 464 g/mol. The first-order chi connectivity index (χ1) is 13.3. The van der Waals surface area contributed by atoms with Gasteiger partial charge in [-0.05, 0) is 50.1 Å². The second kappa shape index (κ2) is 8.51. The third-order valence-electron chi connectivity index (χ3n) is 4.13. The van der Waals surface area contributed by atoms with Gasteiger partial charge in [0, 0.05) is 14.6 Å². The third-order valence-corrected chi connectivity index (χ3v) is 6.26. The summed E-state index contributed by atoms with van der Waals surface area (Å²) in [5, 5.41) is 1.18. The molecule has 2 N–H and O–H groups in total. The van der Waals surface area contributed by atoms with Gasteiger partial charge in [0.05, 0.1) is 5.02 Å². The summed E-state index contributed by atoms with van der Waals surface area (Å²) in [6.07, 6.45) is -0.795. The summed E-state index contributed by atoms with van der Waals surface area (Å²) in [5.74, 6) is -0.292. The van der Waals surface area contributed by atoms with E-state index in [1.807, 2.05) is 50.2 Å². The van der Waals surface area contributed by atoms with Gasteiger partial charge in [0.15, 0.2) is 6.10 Å². The molecule has 0 saturated heterocycles. The molecule has 0 radical (unpaired) electrons. The fraction of sp³-hybridized carbons (Fsp3) is 0.200. The Labute approximate surface area is 180 Å². The van der Waals surface area contributed by atoms with E-state index in [0.717, 1.165) is 25.7 Å². The second-order valence-corrected chi connectivity index (χ2v) is 8.66. The lowest BCUT2D eigenvalue weighted by Gasteiger charge is -2.18. The highest BCUT2D eigenvalue weighted by molar-refractivity contribution is 9.10. The van der Waals surface area contributed by atoms with E-state index in [-0.39, 0.29) is 0 Å². The number of benzene rings is 2. The lowest BCUT2D eigenvalue weighted by molar-refractivity contribution is -0.128. The smallest absolute Gasteiger partial charge is 0.281 e. The third kappa shape index (κ3) is 4.32. The lowest BCUT2D eigenvalue weighted by atomic mass is 10.1. The Morgan fingerprint density at radius 1 is 1.14 bits per heavy atom. The standard InChI is InChI=1S/C20H18BrClN2O3S/c1-10-8-13(21)9-11(2)17(10)27-12(3)19(25)23-24-20(26)18-16(22)14-6-4-5-7-15(14)28-18/h4-9,12H,1-3H3,(H,23,25)(H,24,26). The maximum absolute atomic E-state index is 12.4. The van der Waals surface area contributed by atoms with Crippen molar-refractivity contribution in [2.75, 3.05) is 0 Å². The van der Waals surface area contributed by atoms with Gasteiger partial charge >= 0.3 is 0 Å². The van der Waals surface area contributed by atoms with Crippen molar-refractivity contribution >= 4 is 60.8 Å². The zero-order valence-corrected chi connectivity index (χ0v) is 18.6. The number of hydrogen-bond donors (Lipinski definition) is 2. The maximum Gasteiger partial charge on any atom is 0.281 e. The fourth-order valence-corrected chi connectivity index (χ4v) is 4.85. The van der Waals surface area contributed by atoms with Crippen LogP contribution in [0.5, 0.6) is 5.75 Å². The Morgan fingerprint density at radius 2 is 1.79 bits per heavy atom.